The van der Waals surface area contributed by atoms with Crippen molar-refractivity contribution < 1.29 is 14.3 Å². The summed E-state index contributed by atoms with van der Waals surface area (Å²) in [4.78, 5) is 29.9. The van der Waals surface area contributed by atoms with E-state index >= 15 is 0 Å². The Balaban J connectivity index is 1.54. The van der Waals surface area contributed by atoms with Gasteiger partial charge in [0.1, 0.15) is 0 Å². The highest BCUT2D eigenvalue weighted by Gasteiger charge is 2.34. The lowest BCUT2D eigenvalue weighted by Gasteiger charge is -2.38. The molecule has 1 atom stereocenters. The third-order valence-corrected chi connectivity index (χ3v) is 6.16. The number of benzene rings is 2. The number of piperazine rings is 1. The third-order valence-electron chi connectivity index (χ3n) is 6.16. The molecule has 2 aromatic rings. The molecular weight excluding hydrogens is 404 g/mol. The Morgan fingerprint density at radius 3 is 2.34 bits per heavy atom. The fourth-order valence-electron chi connectivity index (χ4n) is 4.32. The van der Waals surface area contributed by atoms with E-state index in [0.717, 1.165) is 38.2 Å². The van der Waals surface area contributed by atoms with E-state index in [1.54, 1.807) is 0 Å². The normalized spacial score (nSPS) is 19.4. The van der Waals surface area contributed by atoms with E-state index in [4.69, 9.17) is 4.74 Å². The lowest BCUT2D eigenvalue weighted by atomic mass is 9.94. The van der Waals surface area contributed by atoms with Gasteiger partial charge in [0.05, 0.1) is 18.7 Å². The number of carbonyl (C=O) groups excluding carboxylic acids is 2. The second-order valence-corrected chi connectivity index (χ2v) is 8.11. The minimum absolute atomic E-state index is 0.305. The van der Waals surface area contributed by atoms with E-state index in [1.165, 1.54) is 18.4 Å². The van der Waals surface area contributed by atoms with Gasteiger partial charge < -0.3 is 20.3 Å². The summed E-state index contributed by atoms with van der Waals surface area (Å²) in [5.41, 5.74) is 4.35. The van der Waals surface area contributed by atoms with Crippen molar-refractivity contribution in [3.8, 4) is 0 Å². The summed E-state index contributed by atoms with van der Waals surface area (Å²) in [7, 11) is 1.37. The van der Waals surface area contributed by atoms with E-state index in [-0.39, 0.29) is 6.03 Å². The minimum atomic E-state index is -0.539. The van der Waals surface area contributed by atoms with Crippen molar-refractivity contribution in [1.29, 1.82) is 0 Å². The van der Waals surface area contributed by atoms with Gasteiger partial charge in [-0.3, -0.25) is 4.90 Å². The van der Waals surface area contributed by atoms with Crippen molar-refractivity contribution in [1.82, 2.24) is 15.5 Å². The number of carbonyl (C=O) groups is 2. The van der Waals surface area contributed by atoms with Gasteiger partial charge in [0.25, 0.3) is 0 Å². The molecule has 1 fully saturated rings. The van der Waals surface area contributed by atoms with Gasteiger partial charge in [0.2, 0.25) is 0 Å². The Morgan fingerprint density at radius 1 is 1.03 bits per heavy atom. The van der Waals surface area contributed by atoms with Crippen molar-refractivity contribution >= 4 is 17.7 Å². The maximum absolute atomic E-state index is 12.8. The molecule has 0 unspecified atom stereocenters. The van der Waals surface area contributed by atoms with Crippen LogP contribution in [0.2, 0.25) is 0 Å². The fraction of sp³-hybridized carbons (Fsp3) is 0.360. The van der Waals surface area contributed by atoms with E-state index < -0.39 is 12.0 Å². The van der Waals surface area contributed by atoms with E-state index in [1.807, 2.05) is 42.5 Å². The summed E-state index contributed by atoms with van der Waals surface area (Å²) in [6.45, 7) is 6.04. The molecule has 2 amide bonds. The second-order valence-electron chi connectivity index (χ2n) is 8.11. The van der Waals surface area contributed by atoms with Gasteiger partial charge >= 0.3 is 12.0 Å². The van der Waals surface area contributed by atoms with Crippen LogP contribution in [0.1, 0.15) is 24.1 Å². The quantitative estimate of drug-likeness (QED) is 0.684. The maximum Gasteiger partial charge on any atom is 0.338 e. The molecule has 7 heteroatoms. The monoisotopic (exact) mass is 434 g/mol. The molecule has 2 N–H and O–H groups in total. The van der Waals surface area contributed by atoms with Crippen molar-refractivity contribution in [3.05, 3.63) is 77.0 Å². The summed E-state index contributed by atoms with van der Waals surface area (Å²) in [5, 5.41) is 5.76. The Labute approximate surface area is 189 Å². The maximum atomic E-state index is 12.8. The number of rotatable bonds is 6. The van der Waals surface area contributed by atoms with Crippen molar-refractivity contribution in [3.63, 3.8) is 0 Å². The number of anilines is 1. The SMILES string of the molecule is CCc1ccc([C@@H]2NC(=O)NC(CN3CCN(c4ccccc4)CC3)=C2C(=O)OC)cc1. The molecule has 0 bridgehead atoms. The number of hydrogen-bond acceptors (Lipinski definition) is 5. The molecule has 7 nitrogen and oxygen atoms in total. The molecule has 0 saturated carbocycles. The van der Waals surface area contributed by atoms with Crippen LogP contribution in [-0.4, -0.2) is 56.7 Å². The number of para-hydroxylation sites is 1. The summed E-state index contributed by atoms with van der Waals surface area (Å²) in [6, 6.07) is 17.5. The van der Waals surface area contributed by atoms with Gasteiger partial charge in [0.15, 0.2) is 0 Å². The molecule has 32 heavy (non-hydrogen) atoms. The average molecular weight is 435 g/mol. The molecule has 2 aliphatic rings. The van der Waals surface area contributed by atoms with Crippen LogP contribution in [0.25, 0.3) is 0 Å². The first kappa shape index (κ1) is 21.9. The number of nitrogens with zero attached hydrogens (tertiary/aromatic N) is 2. The third kappa shape index (κ3) is 4.78. The van der Waals surface area contributed by atoms with Gasteiger partial charge in [-0.05, 0) is 29.7 Å². The number of ether oxygens (including phenoxy) is 1. The number of methoxy groups -OCH3 is 1. The van der Waals surface area contributed by atoms with Gasteiger partial charge in [0, 0.05) is 44.1 Å². The summed E-state index contributed by atoms with van der Waals surface area (Å²) in [6.07, 6.45) is 0.929. The number of aryl methyl sites for hydroxylation is 1. The zero-order valence-electron chi connectivity index (χ0n) is 18.6. The molecule has 2 aromatic carbocycles. The van der Waals surface area contributed by atoms with Crippen LogP contribution >= 0.6 is 0 Å². The Kier molecular flexibility index (Phi) is 6.75. The molecule has 0 radical (unpaired) electrons. The molecule has 0 aliphatic carbocycles. The predicted molar refractivity (Wildman–Crippen MR) is 124 cm³/mol. The Morgan fingerprint density at radius 2 is 1.72 bits per heavy atom. The van der Waals surface area contributed by atoms with Gasteiger partial charge in [-0.2, -0.15) is 0 Å². The molecular formula is C25H30N4O3. The Hall–Kier alpha value is -3.32. The van der Waals surface area contributed by atoms with Gasteiger partial charge in [-0.25, -0.2) is 9.59 Å². The van der Waals surface area contributed by atoms with E-state index in [0.29, 0.717) is 17.8 Å². The van der Waals surface area contributed by atoms with Crippen LogP contribution in [0.5, 0.6) is 0 Å². The molecule has 2 aliphatic heterocycles. The first-order valence-electron chi connectivity index (χ1n) is 11.1. The zero-order chi connectivity index (χ0) is 22.5. The molecule has 2 heterocycles. The number of esters is 1. The highest BCUT2D eigenvalue weighted by molar-refractivity contribution is 5.95. The topological polar surface area (TPSA) is 73.9 Å². The number of urea groups is 1. The number of amides is 2. The fourth-order valence-corrected chi connectivity index (χ4v) is 4.32. The lowest BCUT2D eigenvalue weighted by Crippen LogP contribution is -2.51. The van der Waals surface area contributed by atoms with Gasteiger partial charge in [-0.1, -0.05) is 49.4 Å². The first-order valence-corrected chi connectivity index (χ1v) is 11.1. The molecule has 168 valence electrons. The van der Waals surface area contributed by atoms with Crippen molar-refractivity contribution in [2.45, 2.75) is 19.4 Å². The number of hydrogen-bond donors (Lipinski definition) is 2. The summed E-state index contributed by atoms with van der Waals surface area (Å²) < 4.78 is 5.10. The van der Waals surface area contributed by atoms with Crippen LogP contribution in [0.15, 0.2) is 65.9 Å². The lowest BCUT2D eigenvalue weighted by molar-refractivity contribution is -0.136. The summed E-state index contributed by atoms with van der Waals surface area (Å²) >= 11 is 0. The highest BCUT2D eigenvalue weighted by Crippen LogP contribution is 2.28. The standard InChI is InChI=1S/C25H30N4O3/c1-3-18-9-11-19(12-10-18)23-22(24(30)32-2)21(26-25(31)27-23)17-28-13-15-29(16-14-28)20-7-5-4-6-8-20/h4-12,23H,3,13-17H2,1-2H3,(H2,26,27,31)/t23-/m0/s1. The second kappa shape index (κ2) is 9.87. The van der Waals surface area contributed by atoms with E-state index in [9.17, 15) is 9.59 Å². The first-order chi connectivity index (χ1) is 15.6. The minimum Gasteiger partial charge on any atom is -0.466 e. The van der Waals surface area contributed by atoms with Crippen molar-refractivity contribution in [2.75, 3.05) is 44.7 Å². The molecule has 1 saturated heterocycles. The average Bonchev–Trinajstić information content (AvgIpc) is 2.84. The van der Waals surface area contributed by atoms with Crippen LogP contribution in [0.3, 0.4) is 0 Å². The molecule has 0 aromatic heterocycles. The Bertz CT molecular complexity index is 980. The van der Waals surface area contributed by atoms with Crippen LogP contribution in [0.4, 0.5) is 10.5 Å². The van der Waals surface area contributed by atoms with E-state index in [2.05, 4.69) is 39.5 Å². The highest BCUT2D eigenvalue weighted by atomic mass is 16.5. The van der Waals surface area contributed by atoms with Crippen molar-refractivity contribution in [2.24, 2.45) is 0 Å². The molecule has 4 rings (SSSR count). The summed E-state index contributed by atoms with van der Waals surface area (Å²) in [5.74, 6) is -0.431. The number of nitrogens with one attached hydrogen (secondary N) is 2. The zero-order valence-corrected chi connectivity index (χ0v) is 18.6. The largest absolute Gasteiger partial charge is 0.466 e. The smallest absolute Gasteiger partial charge is 0.338 e. The van der Waals surface area contributed by atoms with Crippen LogP contribution in [-0.2, 0) is 16.0 Å². The van der Waals surface area contributed by atoms with Gasteiger partial charge in [-0.15, -0.1) is 0 Å². The van der Waals surface area contributed by atoms with Crippen LogP contribution < -0.4 is 15.5 Å². The predicted octanol–water partition coefficient (Wildman–Crippen LogP) is 2.85. The van der Waals surface area contributed by atoms with Crippen LogP contribution in [0, 0.1) is 0 Å². The molecule has 0 spiro atoms.